The number of carbonyl (C=O) groups is 1. The molecule has 1 heterocycles. The van der Waals surface area contributed by atoms with Crippen LogP contribution in [0.2, 0.25) is 0 Å². The summed E-state index contributed by atoms with van der Waals surface area (Å²) in [6.45, 7) is 7.01. The number of amides is 1. The van der Waals surface area contributed by atoms with E-state index in [2.05, 4.69) is 30.6 Å². The summed E-state index contributed by atoms with van der Waals surface area (Å²) in [6.07, 6.45) is 0. The molecule has 0 saturated carbocycles. The summed E-state index contributed by atoms with van der Waals surface area (Å²) in [7, 11) is 3.95. The van der Waals surface area contributed by atoms with E-state index in [1.165, 1.54) is 4.90 Å². The van der Waals surface area contributed by atoms with E-state index in [0.29, 0.717) is 17.0 Å². The van der Waals surface area contributed by atoms with Gasteiger partial charge < -0.3 is 16.0 Å². The molecule has 0 unspecified atom stereocenters. The molecule has 1 aliphatic heterocycles. The molecule has 0 spiro atoms. The fourth-order valence-corrected chi connectivity index (χ4v) is 4.27. The van der Waals surface area contributed by atoms with Crippen molar-refractivity contribution < 1.29 is 4.79 Å². The summed E-state index contributed by atoms with van der Waals surface area (Å²) >= 11 is 5.41. The van der Waals surface area contributed by atoms with Crippen molar-refractivity contribution in [2.24, 2.45) is 0 Å². The molecule has 3 aromatic carbocycles. The Hall–Kier alpha value is -3.87. The van der Waals surface area contributed by atoms with Crippen LogP contribution >= 0.6 is 24.4 Å². The van der Waals surface area contributed by atoms with Crippen molar-refractivity contribution >= 4 is 52.5 Å². The summed E-state index contributed by atoms with van der Waals surface area (Å²) in [4.78, 5) is 16.4. The van der Waals surface area contributed by atoms with E-state index in [4.69, 9.17) is 16.4 Å². The normalized spacial score (nSPS) is 12.1. The van der Waals surface area contributed by atoms with E-state index in [9.17, 15) is 4.79 Å². The molecule has 1 fully saturated rings. The van der Waals surface area contributed by atoms with Crippen LogP contribution in [0.3, 0.4) is 0 Å². The zero-order valence-corrected chi connectivity index (χ0v) is 22.9. The van der Waals surface area contributed by atoms with Crippen LogP contribution in [-0.2, 0) is 11.3 Å². The van der Waals surface area contributed by atoms with Gasteiger partial charge in [0.1, 0.15) is 0 Å². The van der Waals surface area contributed by atoms with Gasteiger partial charge in [0, 0.05) is 42.6 Å². The van der Waals surface area contributed by atoms with Gasteiger partial charge >= 0.3 is 0 Å². The molecule has 0 aromatic heterocycles. The third kappa shape index (κ3) is 9.26. The first kappa shape index (κ1) is 29.4. The molecule has 0 bridgehead atoms. The van der Waals surface area contributed by atoms with Crippen LogP contribution in [0.25, 0.3) is 0 Å². The van der Waals surface area contributed by atoms with Crippen LogP contribution < -0.4 is 16.0 Å². The molecule has 37 heavy (non-hydrogen) atoms. The third-order valence-electron chi connectivity index (χ3n) is 5.01. The predicted molar refractivity (Wildman–Crippen MR) is 159 cm³/mol. The van der Waals surface area contributed by atoms with Gasteiger partial charge in [0.25, 0.3) is 5.91 Å². The number of anilines is 3. The van der Waals surface area contributed by atoms with Crippen molar-refractivity contribution in [3.05, 3.63) is 95.4 Å². The molecule has 0 radical (unpaired) electrons. The van der Waals surface area contributed by atoms with Gasteiger partial charge in [-0.2, -0.15) is 5.26 Å². The maximum Gasteiger partial charge on any atom is 0.266 e. The number of nitrogen functional groups attached to an aromatic ring is 1. The number of hydrogen-bond donors (Lipinski definition) is 4. The highest BCUT2D eigenvalue weighted by atomic mass is 32.2. The van der Waals surface area contributed by atoms with Crippen LogP contribution in [0.1, 0.15) is 18.1 Å². The number of nitrogens with one attached hydrogen (secondary N) is 2. The average Bonchev–Trinajstić information content (AvgIpc) is 3.12. The van der Waals surface area contributed by atoms with E-state index in [-0.39, 0.29) is 11.1 Å². The fraction of sp³-hybridized carbons (Fsp3) is 0.179. The number of rotatable bonds is 5. The molecule has 1 saturated heterocycles. The average molecular weight is 533 g/mol. The molecule has 4 N–H and O–H groups in total. The van der Waals surface area contributed by atoms with Crippen molar-refractivity contribution in [2.75, 3.05) is 36.6 Å². The lowest BCUT2D eigenvalue weighted by atomic mass is 10.2. The lowest BCUT2D eigenvalue weighted by Gasteiger charge is -2.14. The highest BCUT2D eigenvalue weighted by Gasteiger charge is 2.30. The quantitative estimate of drug-likeness (QED) is 0.187. The van der Waals surface area contributed by atoms with Gasteiger partial charge in [-0.15, -0.1) is 12.6 Å². The number of nitrogens with two attached hydrogens (primary N) is 1. The Kier molecular flexibility index (Phi) is 11.6. The summed E-state index contributed by atoms with van der Waals surface area (Å²) in [5, 5.41) is 19.5. The number of hydrogen-bond acceptors (Lipinski definition) is 8. The summed E-state index contributed by atoms with van der Waals surface area (Å²) < 4.78 is 0. The van der Waals surface area contributed by atoms with Crippen molar-refractivity contribution in [1.82, 2.24) is 4.90 Å². The molecule has 9 heteroatoms. The SMILES string of the molecule is C=C1SC(=N)N(Cc2ccccc2)C1=O.CCNc1ccc(C#N)cc1.CN(C)c1ccc(N)cc1S. The Bertz CT molecular complexity index is 1250. The minimum Gasteiger partial charge on any atom is -0.399 e. The highest BCUT2D eigenvalue weighted by molar-refractivity contribution is 8.18. The highest BCUT2D eigenvalue weighted by Crippen LogP contribution is 2.29. The van der Waals surface area contributed by atoms with Gasteiger partial charge in [0.15, 0.2) is 5.17 Å². The second-order valence-corrected chi connectivity index (χ2v) is 9.63. The summed E-state index contributed by atoms with van der Waals surface area (Å²) in [6, 6.07) is 24.8. The van der Waals surface area contributed by atoms with E-state index in [1.54, 1.807) is 12.1 Å². The molecular formula is C28H32N6OS2. The number of amidine groups is 1. The third-order valence-corrected chi connectivity index (χ3v) is 6.20. The molecule has 1 aliphatic rings. The van der Waals surface area contributed by atoms with Crippen molar-refractivity contribution in [3.8, 4) is 6.07 Å². The van der Waals surface area contributed by atoms with E-state index in [0.717, 1.165) is 45.8 Å². The molecule has 1 amide bonds. The second kappa shape index (κ2) is 14.6. The van der Waals surface area contributed by atoms with Gasteiger partial charge in [-0.1, -0.05) is 36.9 Å². The van der Waals surface area contributed by atoms with Gasteiger partial charge in [-0.25, -0.2) is 0 Å². The first-order valence-corrected chi connectivity index (χ1v) is 12.7. The molecule has 7 nitrogen and oxygen atoms in total. The number of benzene rings is 3. The first-order valence-electron chi connectivity index (χ1n) is 11.5. The van der Waals surface area contributed by atoms with Crippen LogP contribution in [0.4, 0.5) is 17.1 Å². The molecule has 0 aliphatic carbocycles. The van der Waals surface area contributed by atoms with Gasteiger partial charge in [0.05, 0.1) is 23.1 Å². The monoisotopic (exact) mass is 532 g/mol. The van der Waals surface area contributed by atoms with Crippen LogP contribution in [0.15, 0.2) is 89.2 Å². The second-order valence-electron chi connectivity index (χ2n) is 8.07. The van der Waals surface area contributed by atoms with E-state index < -0.39 is 0 Å². The predicted octanol–water partition coefficient (Wildman–Crippen LogP) is 5.82. The van der Waals surface area contributed by atoms with Gasteiger partial charge in [-0.05, 0) is 66.7 Å². The molecule has 192 valence electrons. The van der Waals surface area contributed by atoms with Crippen LogP contribution in [0.5, 0.6) is 0 Å². The molecule has 0 atom stereocenters. The standard InChI is InChI=1S/C11H10N2OS.C9H10N2.C8H12N2S/c1-8-10(14)13(11(12)15-8)7-9-5-3-2-4-6-9;1-2-11-9-5-3-8(7-10)4-6-9;1-10(2)7-4-3-6(9)5-8(7)11/h2-6,12H,1,7H2;3-6,11H,2H2,1H3;3-5,11H,9H2,1-2H3. The molecule has 4 rings (SSSR count). The Morgan fingerprint density at radius 2 is 1.78 bits per heavy atom. The van der Waals surface area contributed by atoms with Crippen LogP contribution in [-0.4, -0.2) is 36.6 Å². The minimum absolute atomic E-state index is 0.158. The number of thiol groups is 1. The number of thioether (sulfide) groups is 1. The molecule has 3 aromatic rings. The zero-order chi connectivity index (χ0) is 27.4. The minimum atomic E-state index is -0.158. The Morgan fingerprint density at radius 1 is 1.14 bits per heavy atom. The first-order chi connectivity index (χ1) is 17.7. The van der Waals surface area contributed by atoms with Gasteiger partial charge in [-0.3, -0.25) is 15.1 Å². The van der Waals surface area contributed by atoms with E-state index in [1.807, 2.05) is 86.6 Å². The Morgan fingerprint density at radius 3 is 2.27 bits per heavy atom. The lowest BCUT2D eigenvalue weighted by molar-refractivity contribution is -0.122. The number of carbonyl (C=O) groups excluding carboxylic acids is 1. The maximum absolute atomic E-state index is 11.6. The van der Waals surface area contributed by atoms with E-state index >= 15 is 0 Å². The van der Waals surface area contributed by atoms with Crippen LogP contribution in [0, 0.1) is 16.7 Å². The smallest absolute Gasteiger partial charge is 0.266 e. The van der Waals surface area contributed by atoms with Crippen molar-refractivity contribution in [2.45, 2.75) is 18.4 Å². The maximum atomic E-state index is 11.6. The Labute approximate surface area is 228 Å². The number of nitriles is 1. The largest absolute Gasteiger partial charge is 0.399 e. The fourth-order valence-electron chi connectivity index (χ4n) is 3.15. The van der Waals surface area contributed by atoms with Crippen molar-refractivity contribution in [3.63, 3.8) is 0 Å². The summed E-state index contributed by atoms with van der Waals surface area (Å²) in [5.74, 6) is -0.158. The number of nitrogens with zero attached hydrogens (tertiary/aromatic N) is 3. The zero-order valence-electron chi connectivity index (χ0n) is 21.2. The topological polar surface area (TPSA) is 109 Å². The van der Waals surface area contributed by atoms with Gasteiger partial charge in [0.2, 0.25) is 0 Å². The summed E-state index contributed by atoms with van der Waals surface area (Å²) in [5.41, 5.74) is 10.2. The van der Waals surface area contributed by atoms with Crippen molar-refractivity contribution in [1.29, 1.82) is 10.7 Å². The molecular weight excluding hydrogens is 500 g/mol. The lowest BCUT2D eigenvalue weighted by Crippen LogP contribution is -2.27. The Balaban J connectivity index is 0.000000199.